The number of likely N-dealkylation sites (tertiary alicyclic amines) is 1. The zero-order valence-corrected chi connectivity index (χ0v) is 20.1. The van der Waals surface area contributed by atoms with Gasteiger partial charge in [-0.15, -0.1) is 0 Å². The summed E-state index contributed by atoms with van der Waals surface area (Å²) in [6.45, 7) is 4.93. The Balaban J connectivity index is 1.31. The molecule has 0 radical (unpaired) electrons. The first kappa shape index (κ1) is 21.8. The lowest BCUT2D eigenvalue weighted by molar-refractivity contribution is 0.0599. The molecule has 2 aliphatic rings. The quantitative estimate of drug-likeness (QED) is 0.420. The van der Waals surface area contributed by atoms with Crippen LogP contribution in [0.15, 0.2) is 60.9 Å². The molecule has 5 heterocycles. The number of aromatic nitrogens is 4. The second-order valence-electron chi connectivity index (χ2n) is 9.62. The zero-order valence-electron chi connectivity index (χ0n) is 20.1. The molecule has 0 bridgehead atoms. The minimum atomic E-state index is -0.0734. The van der Waals surface area contributed by atoms with Crippen molar-refractivity contribution in [3.05, 3.63) is 77.9 Å². The average molecular weight is 467 g/mol. The molecule has 1 amide bonds. The van der Waals surface area contributed by atoms with Crippen LogP contribution in [0.4, 0.5) is 5.82 Å². The van der Waals surface area contributed by atoms with Gasteiger partial charge in [-0.1, -0.05) is 30.3 Å². The summed E-state index contributed by atoms with van der Waals surface area (Å²) in [7, 11) is 0. The molecule has 2 aliphatic heterocycles. The number of carbonyl (C=O) groups excluding carboxylic acids is 1. The summed E-state index contributed by atoms with van der Waals surface area (Å²) in [5.41, 5.74) is 5.44. The van der Waals surface area contributed by atoms with Crippen LogP contribution in [-0.2, 0) is 0 Å². The molecule has 0 spiro atoms. The molecule has 0 saturated carbocycles. The Morgan fingerprint density at radius 2 is 1.74 bits per heavy atom. The van der Waals surface area contributed by atoms with Gasteiger partial charge in [0.15, 0.2) is 5.65 Å². The number of anilines is 1. The smallest absolute Gasteiger partial charge is 0.273 e. The summed E-state index contributed by atoms with van der Waals surface area (Å²) in [6, 6.07) is 15.9. The highest BCUT2D eigenvalue weighted by Crippen LogP contribution is 2.33. The predicted octanol–water partition coefficient (Wildman–Crippen LogP) is 5.07. The average Bonchev–Trinajstić information content (AvgIpc) is 3.58. The van der Waals surface area contributed by atoms with Gasteiger partial charge in [0, 0.05) is 43.7 Å². The van der Waals surface area contributed by atoms with Crippen LogP contribution in [0.5, 0.6) is 0 Å². The van der Waals surface area contributed by atoms with E-state index in [0.29, 0.717) is 12.2 Å². The van der Waals surface area contributed by atoms with E-state index in [0.717, 1.165) is 66.2 Å². The number of rotatable bonds is 4. The van der Waals surface area contributed by atoms with Crippen LogP contribution in [0.2, 0.25) is 0 Å². The first-order valence-electron chi connectivity index (χ1n) is 12.6. The molecular weight excluding hydrogens is 436 g/mol. The fraction of sp³-hybridized carbons (Fsp3) is 0.357. The number of amides is 1. The van der Waals surface area contributed by atoms with Crippen molar-refractivity contribution < 1.29 is 4.79 Å². The Morgan fingerprint density at radius 1 is 0.943 bits per heavy atom. The number of fused-ring (bicyclic) bond motifs is 1. The van der Waals surface area contributed by atoms with Crippen LogP contribution in [0, 0.1) is 6.92 Å². The van der Waals surface area contributed by atoms with Crippen molar-refractivity contribution in [3.8, 4) is 11.1 Å². The lowest BCUT2D eigenvalue weighted by atomic mass is 9.98. The Kier molecular flexibility index (Phi) is 5.68. The van der Waals surface area contributed by atoms with Crippen molar-refractivity contribution in [2.24, 2.45) is 0 Å². The number of piperidine rings is 1. The largest absolute Gasteiger partial charge is 0.356 e. The van der Waals surface area contributed by atoms with E-state index in [1.807, 2.05) is 39.7 Å². The van der Waals surface area contributed by atoms with Gasteiger partial charge in [-0.25, -0.2) is 9.50 Å². The van der Waals surface area contributed by atoms with Crippen LogP contribution >= 0.6 is 0 Å². The molecule has 1 aromatic carbocycles. The first-order chi connectivity index (χ1) is 17.2. The summed E-state index contributed by atoms with van der Waals surface area (Å²) in [4.78, 5) is 27.4. The lowest BCUT2D eigenvalue weighted by Crippen LogP contribution is -2.39. The van der Waals surface area contributed by atoms with Crippen molar-refractivity contribution in [3.63, 3.8) is 0 Å². The first-order valence-corrected chi connectivity index (χ1v) is 12.6. The Morgan fingerprint density at radius 3 is 2.57 bits per heavy atom. The number of benzene rings is 1. The van der Waals surface area contributed by atoms with Gasteiger partial charge >= 0.3 is 0 Å². The molecule has 7 nitrogen and oxygen atoms in total. The molecule has 2 saturated heterocycles. The van der Waals surface area contributed by atoms with Crippen molar-refractivity contribution >= 4 is 17.4 Å². The SMILES string of the molecule is Cc1cn2nc([C@@H]3CCCCN3C(=O)c3cc(-c4ccccc4)ccn3)cc2nc1N1CCCC1. The van der Waals surface area contributed by atoms with Crippen LogP contribution in [0.1, 0.15) is 59.9 Å². The van der Waals surface area contributed by atoms with Crippen LogP contribution < -0.4 is 4.90 Å². The van der Waals surface area contributed by atoms with Gasteiger partial charge < -0.3 is 9.80 Å². The maximum atomic E-state index is 13.7. The highest BCUT2D eigenvalue weighted by atomic mass is 16.2. The van der Waals surface area contributed by atoms with Crippen LogP contribution in [0.25, 0.3) is 16.8 Å². The van der Waals surface area contributed by atoms with E-state index >= 15 is 0 Å². The van der Waals surface area contributed by atoms with Gasteiger partial charge in [0.05, 0.1) is 11.7 Å². The maximum absolute atomic E-state index is 13.7. The third kappa shape index (κ3) is 4.16. The van der Waals surface area contributed by atoms with Crippen molar-refractivity contribution in [2.75, 3.05) is 24.5 Å². The van der Waals surface area contributed by atoms with E-state index in [2.05, 4.69) is 41.2 Å². The fourth-order valence-electron chi connectivity index (χ4n) is 5.42. The van der Waals surface area contributed by atoms with E-state index in [4.69, 9.17) is 10.1 Å². The summed E-state index contributed by atoms with van der Waals surface area (Å²) in [5, 5.41) is 4.88. The fourth-order valence-corrected chi connectivity index (χ4v) is 5.42. The summed E-state index contributed by atoms with van der Waals surface area (Å²) < 4.78 is 1.87. The molecule has 6 rings (SSSR count). The third-order valence-electron chi connectivity index (χ3n) is 7.22. The molecule has 178 valence electrons. The summed E-state index contributed by atoms with van der Waals surface area (Å²) in [6.07, 6.45) is 9.19. The van der Waals surface area contributed by atoms with Crippen LogP contribution in [-0.4, -0.2) is 50.0 Å². The molecule has 35 heavy (non-hydrogen) atoms. The van der Waals surface area contributed by atoms with E-state index in [1.54, 1.807) is 6.20 Å². The van der Waals surface area contributed by atoms with Crippen molar-refractivity contribution in [2.45, 2.75) is 45.1 Å². The number of aryl methyl sites for hydroxylation is 1. The highest BCUT2D eigenvalue weighted by Gasteiger charge is 2.31. The maximum Gasteiger partial charge on any atom is 0.273 e. The number of hydrogen-bond donors (Lipinski definition) is 0. The zero-order chi connectivity index (χ0) is 23.8. The molecule has 4 aromatic rings. The topological polar surface area (TPSA) is 66.6 Å². The number of nitrogens with zero attached hydrogens (tertiary/aromatic N) is 6. The second-order valence-corrected chi connectivity index (χ2v) is 9.62. The van der Waals surface area contributed by atoms with Crippen molar-refractivity contribution in [1.29, 1.82) is 0 Å². The number of pyridine rings is 1. The molecular formula is C28H30N6O. The van der Waals surface area contributed by atoms with Gasteiger partial charge in [-0.2, -0.15) is 5.10 Å². The van der Waals surface area contributed by atoms with E-state index in [1.165, 1.54) is 12.8 Å². The Labute approximate surface area is 205 Å². The lowest BCUT2D eigenvalue weighted by Gasteiger charge is -2.34. The Bertz CT molecular complexity index is 1360. The molecule has 0 N–H and O–H groups in total. The molecule has 3 aromatic heterocycles. The highest BCUT2D eigenvalue weighted by molar-refractivity contribution is 5.94. The third-order valence-corrected chi connectivity index (χ3v) is 7.22. The molecule has 1 atom stereocenters. The van der Waals surface area contributed by atoms with Gasteiger partial charge in [0.1, 0.15) is 11.5 Å². The Hall–Kier alpha value is -3.74. The summed E-state index contributed by atoms with van der Waals surface area (Å²) in [5.74, 6) is 1.02. The molecule has 2 fully saturated rings. The second kappa shape index (κ2) is 9.13. The van der Waals surface area contributed by atoms with E-state index in [9.17, 15) is 4.79 Å². The van der Waals surface area contributed by atoms with Crippen molar-refractivity contribution in [1.82, 2.24) is 24.5 Å². The van der Waals surface area contributed by atoms with Gasteiger partial charge in [-0.05, 0) is 62.3 Å². The minimum Gasteiger partial charge on any atom is -0.356 e. The number of hydrogen-bond acceptors (Lipinski definition) is 5. The van der Waals surface area contributed by atoms with Gasteiger partial charge in [0.25, 0.3) is 5.91 Å². The predicted molar refractivity (Wildman–Crippen MR) is 136 cm³/mol. The van der Waals surface area contributed by atoms with Gasteiger partial charge in [0.2, 0.25) is 0 Å². The normalized spacial score (nSPS) is 18.4. The molecule has 0 aliphatic carbocycles. The standard InChI is InChI=1S/C28H30N6O/c1-20-19-34-26(30-27(20)32-14-7-8-15-32)18-23(31-34)25-11-5-6-16-33(25)28(35)24-17-22(12-13-29-24)21-9-3-2-4-10-21/h2-4,9-10,12-13,17-19,25H,5-8,11,14-16H2,1H3/t25-/m0/s1. The summed E-state index contributed by atoms with van der Waals surface area (Å²) >= 11 is 0. The van der Waals surface area contributed by atoms with Gasteiger partial charge in [-0.3, -0.25) is 9.78 Å². The molecule has 7 heteroatoms. The minimum absolute atomic E-state index is 0.0357. The number of carbonyl (C=O) groups is 1. The van der Waals surface area contributed by atoms with E-state index < -0.39 is 0 Å². The monoisotopic (exact) mass is 466 g/mol. The molecule has 0 unspecified atom stereocenters. The van der Waals surface area contributed by atoms with E-state index in [-0.39, 0.29) is 11.9 Å². The van der Waals surface area contributed by atoms with Crippen LogP contribution in [0.3, 0.4) is 0 Å².